The molecule has 2 heterocycles. The highest BCUT2D eigenvalue weighted by Crippen LogP contribution is 2.25. The molecule has 0 saturated carbocycles. The third-order valence-electron chi connectivity index (χ3n) is 3.10. The highest BCUT2D eigenvalue weighted by Gasteiger charge is 2.06. The summed E-state index contributed by atoms with van der Waals surface area (Å²) in [5.41, 5.74) is 1.39. The van der Waals surface area contributed by atoms with Crippen molar-refractivity contribution < 1.29 is 4.79 Å². The van der Waals surface area contributed by atoms with Gasteiger partial charge in [0.25, 0.3) is 0 Å². The molecular formula is C17H13Cl2N3OS. The summed E-state index contributed by atoms with van der Waals surface area (Å²) in [6.45, 7) is 0. The van der Waals surface area contributed by atoms with Gasteiger partial charge in [-0.25, -0.2) is 4.98 Å². The first-order valence-electron chi connectivity index (χ1n) is 7.10. The van der Waals surface area contributed by atoms with E-state index in [9.17, 15) is 4.79 Å². The molecule has 122 valence electrons. The lowest BCUT2D eigenvalue weighted by Crippen LogP contribution is -2.13. The molecule has 0 fully saturated rings. The summed E-state index contributed by atoms with van der Waals surface area (Å²) in [6, 6.07) is 12.6. The van der Waals surface area contributed by atoms with E-state index in [-0.39, 0.29) is 5.91 Å². The van der Waals surface area contributed by atoms with E-state index in [1.807, 2.05) is 17.5 Å². The molecule has 2 N–H and O–H groups in total. The second-order valence-electron chi connectivity index (χ2n) is 5.02. The predicted molar refractivity (Wildman–Crippen MR) is 101 cm³/mol. The van der Waals surface area contributed by atoms with Crippen LogP contribution in [0, 0.1) is 0 Å². The Labute approximate surface area is 153 Å². The topological polar surface area (TPSA) is 54.0 Å². The van der Waals surface area contributed by atoms with Crippen LogP contribution >= 0.6 is 34.5 Å². The van der Waals surface area contributed by atoms with Crippen LogP contribution in [0.3, 0.4) is 0 Å². The number of pyridine rings is 1. The number of amides is 1. The van der Waals surface area contributed by atoms with E-state index in [2.05, 4.69) is 15.6 Å². The maximum atomic E-state index is 12.0. The summed E-state index contributed by atoms with van der Waals surface area (Å²) in [6.07, 6.45) is 1.96. The first-order chi connectivity index (χ1) is 11.6. The van der Waals surface area contributed by atoms with Crippen molar-refractivity contribution in [2.45, 2.75) is 6.42 Å². The zero-order chi connectivity index (χ0) is 16.9. The van der Waals surface area contributed by atoms with Crippen molar-refractivity contribution in [3.8, 4) is 0 Å². The maximum Gasteiger partial charge on any atom is 0.229 e. The van der Waals surface area contributed by atoms with Gasteiger partial charge in [0.2, 0.25) is 5.91 Å². The van der Waals surface area contributed by atoms with Crippen LogP contribution in [-0.2, 0) is 11.2 Å². The van der Waals surface area contributed by atoms with Gasteiger partial charge in [-0.05, 0) is 41.8 Å². The zero-order valence-corrected chi connectivity index (χ0v) is 14.8. The van der Waals surface area contributed by atoms with Crippen molar-refractivity contribution in [3.63, 3.8) is 0 Å². The minimum absolute atomic E-state index is 0.0680. The summed E-state index contributed by atoms with van der Waals surface area (Å²) in [4.78, 5) is 17.3. The van der Waals surface area contributed by atoms with E-state index in [4.69, 9.17) is 23.2 Å². The molecule has 0 unspecified atom stereocenters. The Kier molecular flexibility index (Phi) is 5.35. The first kappa shape index (κ1) is 16.8. The molecule has 0 spiro atoms. The van der Waals surface area contributed by atoms with E-state index >= 15 is 0 Å². The lowest BCUT2D eigenvalue weighted by Gasteiger charge is -2.08. The third kappa shape index (κ3) is 4.71. The molecule has 0 saturated heterocycles. The Morgan fingerprint density at radius 2 is 1.88 bits per heavy atom. The average molecular weight is 378 g/mol. The van der Waals surface area contributed by atoms with Crippen molar-refractivity contribution in [1.29, 1.82) is 0 Å². The van der Waals surface area contributed by atoms with Gasteiger partial charge in [-0.3, -0.25) is 4.79 Å². The smallest absolute Gasteiger partial charge is 0.229 e. The Bertz CT molecular complexity index is 815. The number of carbonyl (C=O) groups excluding carboxylic acids is 1. The zero-order valence-electron chi connectivity index (χ0n) is 12.4. The van der Waals surface area contributed by atoms with E-state index in [1.54, 1.807) is 47.9 Å². The highest BCUT2D eigenvalue weighted by molar-refractivity contribution is 7.10. The largest absolute Gasteiger partial charge is 0.340 e. The number of hydrogen-bond acceptors (Lipinski definition) is 4. The molecule has 3 rings (SSSR count). The molecule has 0 aliphatic heterocycles. The molecule has 2 aromatic heterocycles. The van der Waals surface area contributed by atoms with Crippen LogP contribution in [0.15, 0.2) is 54.0 Å². The van der Waals surface area contributed by atoms with E-state index < -0.39 is 0 Å². The SMILES string of the molecule is O=C(Cc1cccs1)Nc1ccc(Nc2cc(Cl)cc(Cl)c2)nc1. The van der Waals surface area contributed by atoms with Crippen molar-refractivity contribution in [3.05, 3.63) is 69.0 Å². The number of anilines is 3. The minimum Gasteiger partial charge on any atom is -0.340 e. The van der Waals surface area contributed by atoms with E-state index in [0.717, 1.165) is 10.6 Å². The van der Waals surface area contributed by atoms with Gasteiger partial charge in [0.15, 0.2) is 0 Å². The molecule has 3 aromatic rings. The van der Waals surface area contributed by atoms with Crippen LogP contribution in [0.5, 0.6) is 0 Å². The Morgan fingerprint density at radius 1 is 1.08 bits per heavy atom. The molecule has 1 aromatic carbocycles. The van der Waals surface area contributed by atoms with Gasteiger partial charge in [-0.15, -0.1) is 11.3 Å². The van der Waals surface area contributed by atoms with Crippen molar-refractivity contribution in [2.75, 3.05) is 10.6 Å². The van der Waals surface area contributed by atoms with Gasteiger partial charge in [0.1, 0.15) is 5.82 Å². The molecule has 7 heteroatoms. The standard InChI is InChI=1S/C17H13Cl2N3OS/c18-11-6-12(19)8-14(7-11)21-16-4-3-13(10-20-16)22-17(23)9-15-2-1-5-24-15/h1-8,10H,9H2,(H,20,21)(H,22,23). The normalized spacial score (nSPS) is 10.4. The second-order valence-corrected chi connectivity index (χ2v) is 6.92. The van der Waals surface area contributed by atoms with Crippen molar-refractivity contribution in [2.24, 2.45) is 0 Å². The Morgan fingerprint density at radius 3 is 2.50 bits per heavy atom. The molecule has 0 aliphatic rings. The fourth-order valence-electron chi connectivity index (χ4n) is 2.09. The fraction of sp³-hybridized carbons (Fsp3) is 0.0588. The van der Waals surface area contributed by atoms with Crippen molar-refractivity contribution >= 4 is 57.6 Å². The number of benzene rings is 1. The summed E-state index contributed by atoms with van der Waals surface area (Å²) in [7, 11) is 0. The average Bonchev–Trinajstić information content (AvgIpc) is 3.01. The summed E-state index contributed by atoms with van der Waals surface area (Å²) < 4.78 is 0. The van der Waals surface area contributed by atoms with Gasteiger partial charge in [0.05, 0.1) is 18.3 Å². The van der Waals surface area contributed by atoms with E-state index in [0.29, 0.717) is 28.0 Å². The van der Waals surface area contributed by atoms with Crippen molar-refractivity contribution in [1.82, 2.24) is 4.98 Å². The minimum atomic E-state index is -0.0680. The Balaban J connectivity index is 1.61. The number of rotatable bonds is 5. The number of carbonyl (C=O) groups is 1. The van der Waals surface area contributed by atoms with Crippen LogP contribution in [0.1, 0.15) is 4.88 Å². The molecule has 1 amide bonds. The fourth-order valence-corrected chi connectivity index (χ4v) is 3.32. The van der Waals surface area contributed by atoms with Crippen LogP contribution in [0.25, 0.3) is 0 Å². The van der Waals surface area contributed by atoms with Gasteiger partial charge < -0.3 is 10.6 Å². The highest BCUT2D eigenvalue weighted by atomic mass is 35.5. The monoisotopic (exact) mass is 377 g/mol. The molecule has 0 atom stereocenters. The number of thiophene rings is 1. The van der Waals surface area contributed by atoms with E-state index in [1.165, 1.54) is 0 Å². The maximum absolute atomic E-state index is 12.0. The predicted octanol–water partition coefficient (Wildman–Crippen LogP) is 5.37. The number of halogens is 2. The molecule has 4 nitrogen and oxygen atoms in total. The van der Waals surface area contributed by atoms with Crippen LogP contribution in [-0.4, -0.2) is 10.9 Å². The van der Waals surface area contributed by atoms with Gasteiger partial charge in [-0.2, -0.15) is 0 Å². The molecular weight excluding hydrogens is 365 g/mol. The molecule has 0 bridgehead atoms. The van der Waals surface area contributed by atoms with Gasteiger partial charge in [-0.1, -0.05) is 29.3 Å². The quantitative estimate of drug-likeness (QED) is 0.627. The molecule has 0 radical (unpaired) electrons. The van der Waals surface area contributed by atoms with Crippen LogP contribution in [0.4, 0.5) is 17.2 Å². The second kappa shape index (κ2) is 7.66. The Hall–Kier alpha value is -2.08. The lowest BCUT2D eigenvalue weighted by molar-refractivity contribution is -0.115. The number of nitrogens with one attached hydrogen (secondary N) is 2. The van der Waals surface area contributed by atoms with Crippen LogP contribution < -0.4 is 10.6 Å². The number of nitrogens with zero attached hydrogens (tertiary/aromatic N) is 1. The first-order valence-corrected chi connectivity index (χ1v) is 8.73. The van der Waals surface area contributed by atoms with Gasteiger partial charge in [0, 0.05) is 20.6 Å². The molecule has 0 aliphatic carbocycles. The third-order valence-corrected chi connectivity index (χ3v) is 4.41. The number of aromatic nitrogens is 1. The van der Waals surface area contributed by atoms with Crippen LogP contribution in [0.2, 0.25) is 10.0 Å². The summed E-state index contributed by atoms with van der Waals surface area (Å²) >= 11 is 13.5. The summed E-state index contributed by atoms with van der Waals surface area (Å²) in [5.74, 6) is 0.561. The summed E-state index contributed by atoms with van der Waals surface area (Å²) in [5, 5.41) is 8.98. The number of hydrogen-bond donors (Lipinski definition) is 2. The van der Waals surface area contributed by atoms with Gasteiger partial charge >= 0.3 is 0 Å². The lowest BCUT2D eigenvalue weighted by atomic mass is 10.3. The molecule has 24 heavy (non-hydrogen) atoms.